The minimum absolute atomic E-state index is 0.00284. The number of nitro groups is 1. The molecule has 1 fully saturated rings. The van der Waals surface area contributed by atoms with Crippen LogP contribution < -0.4 is 14.4 Å². The van der Waals surface area contributed by atoms with E-state index in [1.54, 1.807) is 31.2 Å². The van der Waals surface area contributed by atoms with E-state index in [1.165, 1.54) is 24.1 Å². The van der Waals surface area contributed by atoms with Gasteiger partial charge in [0.2, 0.25) is 21.8 Å². The number of amides is 2. The van der Waals surface area contributed by atoms with Crippen molar-refractivity contribution in [3.8, 4) is 5.75 Å². The average molecular weight is 637 g/mol. The number of methoxy groups -OCH3 is 1. The highest BCUT2D eigenvalue weighted by atomic mass is 32.2. The maximum atomic E-state index is 14.4. The summed E-state index contributed by atoms with van der Waals surface area (Å²) in [6.45, 7) is 0.954. The highest BCUT2D eigenvalue weighted by Gasteiger charge is 2.34. The Balaban J connectivity index is 1.77. The molecule has 11 nitrogen and oxygen atoms in total. The molecule has 0 aliphatic heterocycles. The second kappa shape index (κ2) is 15.0. The fraction of sp³-hybridized carbons (Fsp3) is 0.394. The third kappa shape index (κ3) is 9.04. The summed E-state index contributed by atoms with van der Waals surface area (Å²) >= 11 is 0. The van der Waals surface area contributed by atoms with Gasteiger partial charge in [0.05, 0.1) is 24.0 Å². The molecule has 45 heavy (non-hydrogen) atoms. The van der Waals surface area contributed by atoms with E-state index in [2.05, 4.69) is 5.32 Å². The quantitative estimate of drug-likeness (QED) is 0.211. The number of carbonyl (C=O) groups is 2. The number of hydrogen-bond donors (Lipinski definition) is 1. The minimum atomic E-state index is -4.08. The number of carbonyl (C=O) groups excluding carboxylic acids is 2. The average Bonchev–Trinajstić information content (AvgIpc) is 3.02. The monoisotopic (exact) mass is 636 g/mol. The summed E-state index contributed by atoms with van der Waals surface area (Å²) in [5, 5.41) is 14.7. The fourth-order valence-electron chi connectivity index (χ4n) is 5.64. The number of anilines is 1. The Bertz CT molecular complexity index is 1610. The first kappa shape index (κ1) is 33.4. The number of non-ortho nitro benzene ring substituents is 1. The van der Waals surface area contributed by atoms with Crippen LogP contribution in [-0.2, 0) is 32.6 Å². The smallest absolute Gasteiger partial charge is 0.271 e. The number of nitrogens with zero attached hydrogens (tertiary/aromatic N) is 3. The predicted molar refractivity (Wildman–Crippen MR) is 173 cm³/mol. The molecule has 0 radical (unpaired) electrons. The Kier molecular flexibility index (Phi) is 11.2. The van der Waals surface area contributed by atoms with Crippen molar-refractivity contribution in [3.63, 3.8) is 0 Å². The third-order valence-corrected chi connectivity index (χ3v) is 9.19. The van der Waals surface area contributed by atoms with E-state index in [9.17, 15) is 28.1 Å². The molecule has 3 aromatic carbocycles. The summed E-state index contributed by atoms with van der Waals surface area (Å²) in [6.07, 6.45) is 5.97. The van der Waals surface area contributed by atoms with Crippen LogP contribution in [0.1, 0.15) is 48.8 Å². The summed E-state index contributed by atoms with van der Waals surface area (Å²) in [5.74, 6) is -0.385. The van der Waals surface area contributed by atoms with Crippen molar-refractivity contribution in [2.45, 2.75) is 64.1 Å². The van der Waals surface area contributed by atoms with E-state index in [0.29, 0.717) is 16.9 Å². The van der Waals surface area contributed by atoms with Gasteiger partial charge in [0.15, 0.2) is 0 Å². The van der Waals surface area contributed by atoms with Gasteiger partial charge in [-0.3, -0.25) is 24.0 Å². The molecule has 1 N–H and O–H groups in total. The molecule has 4 rings (SSSR count). The Labute approximate surface area is 264 Å². The normalized spacial score (nSPS) is 14.3. The van der Waals surface area contributed by atoms with Gasteiger partial charge < -0.3 is 15.0 Å². The van der Waals surface area contributed by atoms with Crippen LogP contribution in [0.4, 0.5) is 11.4 Å². The van der Waals surface area contributed by atoms with Gasteiger partial charge in [-0.25, -0.2) is 8.42 Å². The largest absolute Gasteiger partial charge is 0.497 e. The lowest BCUT2D eigenvalue weighted by molar-refractivity contribution is -0.384. The van der Waals surface area contributed by atoms with Crippen LogP contribution in [-0.4, -0.2) is 62.0 Å². The number of aryl methyl sites for hydroxylation is 1. The maximum Gasteiger partial charge on any atom is 0.271 e. The first-order valence-corrected chi connectivity index (χ1v) is 16.8. The van der Waals surface area contributed by atoms with Crippen LogP contribution in [0.3, 0.4) is 0 Å². The van der Waals surface area contributed by atoms with Crippen LogP contribution in [0.5, 0.6) is 5.75 Å². The van der Waals surface area contributed by atoms with E-state index < -0.39 is 33.4 Å². The second-order valence-corrected chi connectivity index (χ2v) is 13.3. The molecule has 0 bridgehead atoms. The summed E-state index contributed by atoms with van der Waals surface area (Å²) in [6, 6.07) is 19.3. The summed E-state index contributed by atoms with van der Waals surface area (Å²) in [5.41, 5.74) is 1.67. The molecule has 1 aliphatic carbocycles. The van der Waals surface area contributed by atoms with E-state index >= 15 is 0 Å². The van der Waals surface area contributed by atoms with Crippen LogP contribution in [0.2, 0.25) is 0 Å². The summed E-state index contributed by atoms with van der Waals surface area (Å²) in [7, 11) is -2.55. The van der Waals surface area contributed by atoms with Crippen LogP contribution in [0.25, 0.3) is 0 Å². The van der Waals surface area contributed by atoms with Gasteiger partial charge in [-0.2, -0.15) is 0 Å². The Hall–Kier alpha value is -4.45. The second-order valence-electron chi connectivity index (χ2n) is 11.4. The summed E-state index contributed by atoms with van der Waals surface area (Å²) in [4.78, 5) is 40.8. The van der Waals surface area contributed by atoms with E-state index in [4.69, 9.17) is 4.74 Å². The van der Waals surface area contributed by atoms with Crippen LogP contribution >= 0.6 is 0 Å². The van der Waals surface area contributed by atoms with Crippen LogP contribution in [0.15, 0.2) is 72.8 Å². The number of sulfonamides is 1. The summed E-state index contributed by atoms with van der Waals surface area (Å²) < 4.78 is 32.5. The molecule has 0 spiro atoms. The third-order valence-electron chi connectivity index (χ3n) is 8.06. The lowest BCUT2D eigenvalue weighted by atomic mass is 9.94. The van der Waals surface area contributed by atoms with Crippen molar-refractivity contribution in [1.82, 2.24) is 10.2 Å². The van der Waals surface area contributed by atoms with Crippen molar-refractivity contribution in [1.29, 1.82) is 0 Å². The van der Waals surface area contributed by atoms with Crippen molar-refractivity contribution in [3.05, 3.63) is 99.6 Å². The Morgan fingerprint density at radius 3 is 2.33 bits per heavy atom. The maximum absolute atomic E-state index is 14.4. The number of rotatable bonds is 13. The highest BCUT2D eigenvalue weighted by Crippen LogP contribution is 2.28. The van der Waals surface area contributed by atoms with Crippen molar-refractivity contribution in [2.75, 3.05) is 24.2 Å². The lowest BCUT2D eigenvalue weighted by Gasteiger charge is -2.35. The number of hydrogen-bond acceptors (Lipinski definition) is 7. The molecule has 240 valence electrons. The molecule has 3 aromatic rings. The van der Waals surface area contributed by atoms with E-state index in [1.807, 2.05) is 30.3 Å². The zero-order valence-corrected chi connectivity index (χ0v) is 26.7. The molecule has 12 heteroatoms. The van der Waals surface area contributed by atoms with Crippen molar-refractivity contribution < 1.29 is 27.7 Å². The molecular formula is C33H40N4O7S. The molecule has 2 amide bonds. The first-order valence-electron chi connectivity index (χ1n) is 15.0. The molecule has 1 atom stereocenters. The SMILES string of the molecule is COc1cccc(CN(C(=O)CN(c2cc([N+](=O)[O-])ccc2C)S(C)(=O)=O)[C@H](Cc2ccccc2)C(=O)NC2CCCCC2)c1. The topological polar surface area (TPSA) is 139 Å². The van der Waals surface area contributed by atoms with Crippen molar-refractivity contribution >= 4 is 33.2 Å². The van der Waals surface area contributed by atoms with Crippen molar-refractivity contribution in [2.24, 2.45) is 0 Å². The van der Waals surface area contributed by atoms with E-state index in [0.717, 1.165) is 54.3 Å². The molecule has 0 aromatic heterocycles. The molecule has 0 heterocycles. The van der Waals surface area contributed by atoms with Crippen LogP contribution in [0, 0.1) is 17.0 Å². The Morgan fingerprint density at radius 1 is 1.00 bits per heavy atom. The standard InChI is InChI=1S/C33H40N4O7S/c1-24-17-18-28(37(40)41)21-30(24)36(45(3,42)43)23-32(38)35(22-26-13-10-16-29(19-26)44-2)31(20-25-11-6-4-7-12-25)33(39)34-27-14-8-5-9-15-27/h4,6-7,10-13,16-19,21,27,31H,5,8-9,14-15,20,22-23H2,1-3H3,(H,34,39)/t31-/m1/s1. The zero-order chi connectivity index (χ0) is 32.6. The van der Waals surface area contributed by atoms with Gasteiger partial charge in [0, 0.05) is 31.1 Å². The van der Waals surface area contributed by atoms with Gasteiger partial charge in [0.25, 0.3) is 5.69 Å². The first-order chi connectivity index (χ1) is 21.5. The van der Waals surface area contributed by atoms with Gasteiger partial charge in [-0.1, -0.05) is 67.8 Å². The zero-order valence-electron chi connectivity index (χ0n) is 25.8. The number of nitro benzene ring substituents is 1. The molecule has 1 saturated carbocycles. The van der Waals surface area contributed by atoms with E-state index in [-0.39, 0.29) is 36.3 Å². The van der Waals surface area contributed by atoms with Gasteiger partial charge in [-0.15, -0.1) is 0 Å². The molecule has 0 unspecified atom stereocenters. The minimum Gasteiger partial charge on any atom is -0.497 e. The number of ether oxygens (including phenoxy) is 1. The number of benzene rings is 3. The molecule has 0 saturated heterocycles. The fourth-order valence-corrected chi connectivity index (χ4v) is 6.54. The highest BCUT2D eigenvalue weighted by molar-refractivity contribution is 7.92. The number of nitrogens with one attached hydrogen (secondary N) is 1. The Morgan fingerprint density at radius 2 is 1.69 bits per heavy atom. The molecular weight excluding hydrogens is 596 g/mol. The van der Waals surface area contributed by atoms with Gasteiger partial charge >= 0.3 is 0 Å². The predicted octanol–water partition coefficient (Wildman–Crippen LogP) is 4.77. The lowest BCUT2D eigenvalue weighted by Crippen LogP contribution is -2.55. The molecule has 1 aliphatic rings. The van der Waals surface area contributed by atoms with Gasteiger partial charge in [-0.05, 0) is 48.6 Å². The van der Waals surface area contributed by atoms with Gasteiger partial charge in [0.1, 0.15) is 18.3 Å².